The number of hydrogen-bond donors (Lipinski definition) is 1. The normalized spacial score (nSPS) is 33.4. The van der Waals surface area contributed by atoms with E-state index in [1.807, 2.05) is 20.8 Å². The van der Waals surface area contributed by atoms with E-state index >= 15 is 0 Å². The molecule has 4 heteroatoms. The molecule has 0 aromatic rings. The zero-order valence-corrected chi connectivity index (χ0v) is 10.1. The van der Waals surface area contributed by atoms with Crippen molar-refractivity contribution in [2.75, 3.05) is 6.54 Å². The quantitative estimate of drug-likeness (QED) is 0.716. The Bertz CT molecular complexity index is 319. The summed E-state index contributed by atoms with van der Waals surface area (Å²) in [6.07, 6.45) is 1.68. The minimum atomic E-state index is -0.428. The van der Waals surface area contributed by atoms with Gasteiger partial charge in [0.25, 0.3) is 0 Å². The van der Waals surface area contributed by atoms with Crippen molar-refractivity contribution in [1.29, 1.82) is 0 Å². The van der Waals surface area contributed by atoms with Crippen LogP contribution in [0, 0.1) is 17.8 Å². The van der Waals surface area contributed by atoms with Crippen LogP contribution in [0.25, 0.3) is 0 Å². The van der Waals surface area contributed by atoms with E-state index in [0.29, 0.717) is 0 Å². The molecule has 1 unspecified atom stereocenters. The van der Waals surface area contributed by atoms with Gasteiger partial charge in [-0.15, -0.1) is 0 Å². The van der Waals surface area contributed by atoms with Crippen LogP contribution in [0.15, 0.2) is 0 Å². The van der Waals surface area contributed by atoms with Gasteiger partial charge in [-0.3, -0.25) is 9.59 Å². The summed E-state index contributed by atoms with van der Waals surface area (Å²) in [5.74, 6) is 0.177. The molecule has 2 fully saturated rings. The first-order chi connectivity index (χ1) is 7.38. The zero-order valence-electron chi connectivity index (χ0n) is 10.1. The van der Waals surface area contributed by atoms with Crippen molar-refractivity contribution >= 4 is 11.9 Å². The van der Waals surface area contributed by atoms with E-state index < -0.39 is 5.60 Å². The SMILES string of the molecule is CC(C)(C)OC(=O)[C@H]1C[C@H]1C1CCNC1=O. The lowest BCUT2D eigenvalue weighted by molar-refractivity contribution is -0.157. The summed E-state index contributed by atoms with van der Waals surface area (Å²) in [5.41, 5.74) is -0.428. The van der Waals surface area contributed by atoms with E-state index in [2.05, 4.69) is 5.32 Å². The first-order valence-electron chi connectivity index (χ1n) is 5.89. The van der Waals surface area contributed by atoms with E-state index in [1.165, 1.54) is 0 Å². The Labute approximate surface area is 95.7 Å². The van der Waals surface area contributed by atoms with Crippen molar-refractivity contribution in [2.24, 2.45) is 17.8 Å². The fraction of sp³-hybridized carbons (Fsp3) is 0.833. The molecule has 2 rings (SSSR count). The van der Waals surface area contributed by atoms with Crippen molar-refractivity contribution < 1.29 is 14.3 Å². The van der Waals surface area contributed by atoms with Crippen LogP contribution in [-0.2, 0) is 14.3 Å². The monoisotopic (exact) mass is 225 g/mol. The van der Waals surface area contributed by atoms with Gasteiger partial charge in [-0.25, -0.2) is 0 Å². The van der Waals surface area contributed by atoms with Gasteiger partial charge in [0.15, 0.2) is 0 Å². The van der Waals surface area contributed by atoms with Crippen LogP contribution in [0.5, 0.6) is 0 Å². The maximum absolute atomic E-state index is 11.7. The van der Waals surface area contributed by atoms with Gasteiger partial charge in [0.1, 0.15) is 5.60 Å². The van der Waals surface area contributed by atoms with Crippen LogP contribution in [0.2, 0.25) is 0 Å². The Morgan fingerprint density at radius 1 is 1.44 bits per heavy atom. The molecule has 0 bridgehead atoms. The third-order valence-electron chi connectivity index (χ3n) is 3.16. The molecule has 1 N–H and O–H groups in total. The summed E-state index contributed by atoms with van der Waals surface area (Å²) in [4.78, 5) is 23.2. The van der Waals surface area contributed by atoms with Crippen molar-refractivity contribution in [3.05, 3.63) is 0 Å². The fourth-order valence-electron chi connectivity index (χ4n) is 2.33. The molecule has 3 atom stereocenters. The van der Waals surface area contributed by atoms with Crippen molar-refractivity contribution in [3.8, 4) is 0 Å². The Hall–Kier alpha value is -1.06. The molecule has 1 heterocycles. The molecule has 2 aliphatic rings. The topological polar surface area (TPSA) is 55.4 Å². The number of nitrogens with one attached hydrogen (secondary N) is 1. The summed E-state index contributed by atoms with van der Waals surface area (Å²) in [6, 6.07) is 0. The van der Waals surface area contributed by atoms with E-state index in [4.69, 9.17) is 4.74 Å². The molecule has 1 amide bonds. The minimum absolute atomic E-state index is 0.0394. The Morgan fingerprint density at radius 3 is 2.62 bits per heavy atom. The second-order valence-electron chi connectivity index (χ2n) is 5.73. The summed E-state index contributed by atoms with van der Waals surface area (Å²) in [6.45, 7) is 6.35. The summed E-state index contributed by atoms with van der Waals surface area (Å²) in [5, 5.41) is 2.81. The summed E-state index contributed by atoms with van der Waals surface area (Å²) < 4.78 is 5.32. The average Bonchev–Trinajstić information content (AvgIpc) is 2.81. The zero-order chi connectivity index (χ0) is 11.9. The van der Waals surface area contributed by atoms with Crippen molar-refractivity contribution in [1.82, 2.24) is 5.32 Å². The number of hydrogen-bond acceptors (Lipinski definition) is 3. The number of rotatable bonds is 2. The van der Waals surface area contributed by atoms with Crippen LogP contribution in [0.3, 0.4) is 0 Å². The maximum Gasteiger partial charge on any atom is 0.309 e. The maximum atomic E-state index is 11.7. The first kappa shape index (κ1) is 11.4. The predicted octanol–water partition coefficient (Wildman–Crippen LogP) is 1.10. The molecule has 0 aromatic carbocycles. The van der Waals surface area contributed by atoms with E-state index in [1.54, 1.807) is 0 Å². The molecule has 1 aliphatic carbocycles. The van der Waals surface area contributed by atoms with Gasteiger partial charge < -0.3 is 10.1 Å². The molecule has 0 spiro atoms. The molecule has 1 saturated carbocycles. The summed E-state index contributed by atoms with van der Waals surface area (Å²) in [7, 11) is 0. The van der Waals surface area contributed by atoms with Crippen LogP contribution < -0.4 is 5.32 Å². The number of carbonyl (C=O) groups is 2. The molecular weight excluding hydrogens is 206 g/mol. The van der Waals surface area contributed by atoms with Crippen LogP contribution in [0.1, 0.15) is 33.6 Å². The standard InChI is InChI=1S/C12H19NO3/c1-12(2,3)16-11(15)9-6-8(9)7-4-5-13-10(7)14/h7-9H,4-6H2,1-3H3,(H,13,14)/t7?,8-,9-/m0/s1. The Morgan fingerprint density at radius 2 is 2.12 bits per heavy atom. The number of esters is 1. The highest BCUT2D eigenvalue weighted by molar-refractivity contribution is 5.84. The van der Waals surface area contributed by atoms with Crippen LogP contribution >= 0.6 is 0 Å². The van der Waals surface area contributed by atoms with Gasteiger partial charge in [0, 0.05) is 12.5 Å². The average molecular weight is 225 g/mol. The van der Waals surface area contributed by atoms with Crippen molar-refractivity contribution in [3.63, 3.8) is 0 Å². The smallest absolute Gasteiger partial charge is 0.309 e. The lowest BCUT2D eigenvalue weighted by atomic mass is 10.0. The van der Waals surface area contributed by atoms with E-state index in [-0.39, 0.29) is 29.6 Å². The molecule has 0 radical (unpaired) electrons. The third kappa shape index (κ3) is 2.36. The fourth-order valence-corrected chi connectivity index (χ4v) is 2.33. The third-order valence-corrected chi connectivity index (χ3v) is 3.16. The van der Waals surface area contributed by atoms with Crippen LogP contribution in [-0.4, -0.2) is 24.0 Å². The number of carbonyl (C=O) groups excluding carboxylic acids is 2. The first-order valence-corrected chi connectivity index (χ1v) is 5.89. The number of amides is 1. The predicted molar refractivity (Wildman–Crippen MR) is 58.6 cm³/mol. The molecular formula is C12H19NO3. The van der Waals surface area contributed by atoms with Crippen LogP contribution in [0.4, 0.5) is 0 Å². The molecule has 4 nitrogen and oxygen atoms in total. The van der Waals surface area contributed by atoms with Crippen molar-refractivity contribution in [2.45, 2.75) is 39.2 Å². The second kappa shape index (κ2) is 3.75. The molecule has 1 aliphatic heterocycles. The highest BCUT2D eigenvalue weighted by Crippen LogP contribution is 2.47. The van der Waals surface area contributed by atoms with Gasteiger partial charge in [-0.05, 0) is 39.5 Å². The van der Waals surface area contributed by atoms with E-state index in [0.717, 1.165) is 19.4 Å². The second-order valence-corrected chi connectivity index (χ2v) is 5.73. The van der Waals surface area contributed by atoms with E-state index in [9.17, 15) is 9.59 Å². The molecule has 16 heavy (non-hydrogen) atoms. The summed E-state index contributed by atoms with van der Waals surface area (Å²) >= 11 is 0. The Kier molecular flexibility index (Phi) is 2.68. The molecule has 90 valence electrons. The van der Waals surface area contributed by atoms with Gasteiger partial charge >= 0.3 is 5.97 Å². The van der Waals surface area contributed by atoms with Gasteiger partial charge in [0.2, 0.25) is 5.91 Å². The lowest BCUT2D eigenvalue weighted by Gasteiger charge is -2.19. The molecule has 0 aromatic heterocycles. The van der Waals surface area contributed by atoms with Gasteiger partial charge in [-0.1, -0.05) is 0 Å². The number of ether oxygens (including phenoxy) is 1. The van der Waals surface area contributed by atoms with Gasteiger partial charge in [0.05, 0.1) is 5.92 Å². The highest BCUT2D eigenvalue weighted by Gasteiger charge is 2.52. The highest BCUT2D eigenvalue weighted by atomic mass is 16.6. The largest absolute Gasteiger partial charge is 0.460 e. The molecule has 1 saturated heterocycles. The lowest BCUT2D eigenvalue weighted by Crippen LogP contribution is -2.26. The Balaban J connectivity index is 1.87. The van der Waals surface area contributed by atoms with Gasteiger partial charge in [-0.2, -0.15) is 0 Å². The minimum Gasteiger partial charge on any atom is -0.460 e.